The predicted octanol–water partition coefficient (Wildman–Crippen LogP) is 5.09. The molecule has 1 amide bonds. The van der Waals surface area contributed by atoms with Gasteiger partial charge in [-0.05, 0) is 29.2 Å². The molecule has 1 aliphatic carbocycles. The fourth-order valence-electron chi connectivity index (χ4n) is 3.60. The van der Waals surface area contributed by atoms with E-state index < -0.39 is 11.7 Å². The summed E-state index contributed by atoms with van der Waals surface area (Å²) in [5, 5.41) is 2.63. The number of benzene rings is 2. The van der Waals surface area contributed by atoms with E-state index in [1.165, 1.54) is 13.2 Å². The molecule has 0 saturated heterocycles. The average molecular weight is 363 g/mol. The van der Waals surface area contributed by atoms with E-state index in [9.17, 15) is 18.0 Å². The third kappa shape index (κ3) is 3.28. The van der Waals surface area contributed by atoms with Crippen LogP contribution in [0.5, 0.6) is 5.75 Å². The molecule has 3 rings (SSSR count). The Labute approximate surface area is 150 Å². The molecule has 2 aromatic rings. The maximum Gasteiger partial charge on any atom is 0.416 e. The van der Waals surface area contributed by atoms with Crippen molar-refractivity contribution in [3.63, 3.8) is 0 Å². The van der Waals surface area contributed by atoms with Gasteiger partial charge in [-0.3, -0.25) is 4.79 Å². The molecule has 0 bridgehead atoms. The summed E-state index contributed by atoms with van der Waals surface area (Å²) in [6.45, 7) is 3.97. The van der Waals surface area contributed by atoms with Gasteiger partial charge in [-0.2, -0.15) is 13.2 Å². The molecule has 0 aliphatic heterocycles. The highest BCUT2D eigenvalue weighted by atomic mass is 19.4. The number of carbonyl (C=O) groups excluding carboxylic acids is 1. The molecule has 6 heteroatoms. The van der Waals surface area contributed by atoms with Crippen LogP contribution in [0, 0.1) is 11.3 Å². The van der Waals surface area contributed by atoms with Crippen molar-refractivity contribution in [2.45, 2.75) is 25.9 Å². The highest BCUT2D eigenvalue weighted by molar-refractivity contribution is 5.97. The molecule has 1 saturated carbocycles. The van der Waals surface area contributed by atoms with Gasteiger partial charge in [-0.1, -0.05) is 44.2 Å². The minimum Gasteiger partial charge on any atom is -0.495 e. The summed E-state index contributed by atoms with van der Waals surface area (Å²) in [6.07, 6.45) is -4.49. The van der Waals surface area contributed by atoms with Crippen molar-refractivity contribution in [1.82, 2.24) is 0 Å². The Hall–Kier alpha value is -2.50. The lowest BCUT2D eigenvalue weighted by molar-refractivity contribution is -0.137. The van der Waals surface area contributed by atoms with E-state index in [0.717, 1.165) is 17.7 Å². The molecule has 0 heterocycles. The molecule has 1 aliphatic rings. The second-order valence-electron chi connectivity index (χ2n) is 7.09. The molecule has 2 atom stereocenters. The molecule has 0 radical (unpaired) electrons. The van der Waals surface area contributed by atoms with E-state index in [-0.39, 0.29) is 34.6 Å². The molecule has 0 aromatic heterocycles. The van der Waals surface area contributed by atoms with E-state index in [4.69, 9.17) is 4.74 Å². The van der Waals surface area contributed by atoms with E-state index >= 15 is 0 Å². The number of alkyl halides is 3. The summed E-state index contributed by atoms with van der Waals surface area (Å²) in [6, 6.07) is 12.7. The third-order valence-corrected chi connectivity index (χ3v) is 5.05. The fraction of sp³-hybridized carbons (Fsp3) is 0.350. The minimum absolute atomic E-state index is 0.0282. The van der Waals surface area contributed by atoms with Crippen LogP contribution in [0.25, 0.3) is 0 Å². The summed E-state index contributed by atoms with van der Waals surface area (Å²) in [4.78, 5) is 12.8. The summed E-state index contributed by atoms with van der Waals surface area (Å²) in [5.74, 6) is -0.396. The van der Waals surface area contributed by atoms with Gasteiger partial charge in [-0.25, -0.2) is 0 Å². The van der Waals surface area contributed by atoms with Gasteiger partial charge in [-0.15, -0.1) is 0 Å². The molecular formula is C20H20F3NO2. The van der Waals surface area contributed by atoms with Gasteiger partial charge >= 0.3 is 6.18 Å². The van der Waals surface area contributed by atoms with Crippen LogP contribution in [-0.2, 0) is 11.0 Å². The van der Waals surface area contributed by atoms with Gasteiger partial charge < -0.3 is 10.1 Å². The number of amides is 1. The van der Waals surface area contributed by atoms with Crippen LogP contribution in [0.2, 0.25) is 0 Å². The molecule has 26 heavy (non-hydrogen) atoms. The molecule has 138 valence electrons. The third-order valence-electron chi connectivity index (χ3n) is 5.05. The Balaban J connectivity index is 1.84. The Morgan fingerprint density at radius 2 is 1.77 bits per heavy atom. The van der Waals surface area contributed by atoms with Crippen LogP contribution in [-0.4, -0.2) is 13.0 Å². The first kappa shape index (κ1) is 18.3. The van der Waals surface area contributed by atoms with Gasteiger partial charge in [0.25, 0.3) is 0 Å². The summed E-state index contributed by atoms with van der Waals surface area (Å²) >= 11 is 0. The monoisotopic (exact) mass is 363 g/mol. The standard InChI is InChI=1S/C20H20F3NO2/c1-19(2)16(12-7-5-4-6-8-12)17(19)18(25)24-14-11-13(20(21,22)23)9-10-15(14)26-3/h4-11,16-17H,1-3H3,(H,24,25)/t16-,17+/m1/s1. The summed E-state index contributed by atoms with van der Waals surface area (Å²) < 4.78 is 44.0. The van der Waals surface area contributed by atoms with Crippen molar-refractivity contribution in [3.05, 3.63) is 59.7 Å². The number of carbonyl (C=O) groups is 1. The number of ether oxygens (including phenoxy) is 1. The Kier molecular flexibility index (Phi) is 4.46. The molecular weight excluding hydrogens is 343 g/mol. The van der Waals surface area contributed by atoms with Crippen LogP contribution in [0.4, 0.5) is 18.9 Å². The smallest absolute Gasteiger partial charge is 0.416 e. The molecule has 1 fully saturated rings. The van der Waals surface area contributed by atoms with Crippen LogP contribution >= 0.6 is 0 Å². The van der Waals surface area contributed by atoms with E-state index in [2.05, 4.69) is 5.32 Å². The van der Waals surface area contributed by atoms with Crippen molar-refractivity contribution in [2.75, 3.05) is 12.4 Å². The lowest BCUT2D eigenvalue weighted by atomic mass is 10.0. The first-order chi connectivity index (χ1) is 12.2. The topological polar surface area (TPSA) is 38.3 Å². The van der Waals surface area contributed by atoms with Crippen molar-refractivity contribution in [2.24, 2.45) is 11.3 Å². The first-order valence-corrected chi connectivity index (χ1v) is 8.27. The van der Waals surface area contributed by atoms with Crippen molar-refractivity contribution in [1.29, 1.82) is 0 Å². The maximum absolute atomic E-state index is 13.0. The number of rotatable bonds is 4. The lowest BCUT2D eigenvalue weighted by Gasteiger charge is -2.14. The second kappa shape index (κ2) is 6.34. The highest BCUT2D eigenvalue weighted by Gasteiger charge is 2.62. The molecule has 2 aromatic carbocycles. The highest BCUT2D eigenvalue weighted by Crippen LogP contribution is 2.64. The van der Waals surface area contributed by atoms with Crippen LogP contribution < -0.4 is 10.1 Å². The van der Waals surface area contributed by atoms with Crippen LogP contribution in [0.3, 0.4) is 0 Å². The van der Waals surface area contributed by atoms with Gasteiger partial charge in [0.05, 0.1) is 24.3 Å². The second-order valence-corrected chi connectivity index (χ2v) is 7.09. The largest absolute Gasteiger partial charge is 0.495 e. The first-order valence-electron chi connectivity index (χ1n) is 8.27. The van der Waals surface area contributed by atoms with E-state index in [1.807, 2.05) is 44.2 Å². The molecule has 3 nitrogen and oxygen atoms in total. The van der Waals surface area contributed by atoms with Crippen molar-refractivity contribution in [3.8, 4) is 5.75 Å². The molecule has 0 spiro atoms. The zero-order chi connectivity index (χ0) is 19.1. The maximum atomic E-state index is 13.0. The number of hydrogen-bond donors (Lipinski definition) is 1. The quantitative estimate of drug-likeness (QED) is 0.821. The fourth-order valence-corrected chi connectivity index (χ4v) is 3.60. The molecule has 1 N–H and O–H groups in total. The van der Waals surface area contributed by atoms with Crippen molar-refractivity contribution < 1.29 is 22.7 Å². The number of hydrogen-bond acceptors (Lipinski definition) is 2. The summed E-state index contributed by atoms with van der Waals surface area (Å²) in [5.41, 5.74) is -0.0147. The molecule has 0 unspecified atom stereocenters. The number of halogens is 3. The van der Waals surface area contributed by atoms with Crippen LogP contribution in [0.1, 0.15) is 30.9 Å². The van der Waals surface area contributed by atoms with Gasteiger partial charge in [0.15, 0.2) is 0 Å². The Morgan fingerprint density at radius 1 is 1.12 bits per heavy atom. The number of methoxy groups -OCH3 is 1. The van der Waals surface area contributed by atoms with Gasteiger partial charge in [0.1, 0.15) is 5.75 Å². The SMILES string of the molecule is COc1ccc(C(F)(F)F)cc1NC(=O)[C@@H]1[C@@H](c2ccccc2)C1(C)C. The van der Waals surface area contributed by atoms with E-state index in [1.54, 1.807) is 0 Å². The number of nitrogens with one attached hydrogen (secondary N) is 1. The predicted molar refractivity (Wildman–Crippen MR) is 93.1 cm³/mol. The van der Waals surface area contributed by atoms with Crippen LogP contribution in [0.15, 0.2) is 48.5 Å². The minimum atomic E-state index is -4.49. The Morgan fingerprint density at radius 3 is 2.35 bits per heavy atom. The lowest BCUT2D eigenvalue weighted by Crippen LogP contribution is -2.18. The van der Waals surface area contributed by atoms with Crippen molar-refractivity contribution >= 4 is 11.6 Å². The summed E-state index contributed by atoms with van der Waals surface area (Å²) in [7, 11) is 1.35. The zero-order valence-electron chi connectivity index (χ0n) is 14.7. The zero-order valence-corrected chi connectivity index (χ0v) is 14.7. The van der Waals surface area contributed by atoms with E-state index in [0.29, 0.717) is 0 Å². The Bertz CT molecular complexity index is 816. The normalized spacial score (nSPS) is 21.2. The van der Waals surface area contributed by atoms with Gasteiger partial charge in [0.2, 0.25) is 5.91 Å². The average Bonchev–Trinajstić information content (AvgIpc) is 3.17. The van der Waals surface area contributed by atoms with Gasteiger partial charge in [0, 0.05) is 5.92 Å². The number of anilines is 1.